The molecule has 1 aliphatic heterocycles. The van der Waals surface area contributed by atoms with Crippen molar-refractivity contribution in [2.45, 2.75) is 115 Å². The zero-order valence-corrected chi connectivity index (χ0v) is 29.6. The van der Waals surface area contributed by atoms with Gasteiger partial charge in [0, 0.05) is 31.6 Å². The van der Waals surface area contributed by atoms with Crippen molar-refractivity contribution in [3.63, 3.8) is 0 Å². The van der Waals surface area contributed by atoms with E-state index in [1.807, 2.05) is 13.8 Å². The number of aliphatic hydroxyl groups excluding tert-OH is 1. The van der Waals surface area contributed by atoms with Gasteiger partial charge in [-0.15, -0.1) is 0 Å². The van der Waals surface area contributed by atoms with Gasteiger partial charge in [-0.2, -0.15) is 0 Å². The number of nitrogens with zero attached hydrogens (tertiary/aromatic N) is 1. The van der Waals surface area contributed by atoms with E-state index in [4.69, 9.17) is 10.5 Å². The number of amides is 4. The van der Waals surface area contributed by atoms with Crippen LogP contribution in [0.15, 0.2) is 21.9 Å². The van der Waals surface area contributed by atoms with Crippen molar-refractivity contribution < 1.29 is 44.0 Å². The smallest absolute Gasteiger partial charge is 0.330 e. The van der Waals surface area contributed by atoms with Gasteiger partial charge >= 0.3 is 23.7 Å². The van der Waals surface area contributed by atoms with Crippen LogP contribution in [0.2, 0.25) is 0 Å². The first kappa shape index (κ1) is 42.8. The number of carboxylic acid groups (broad SMARTS) is 2. The highest BCUT2D eigenvalue weighted by Crippen LogP contribution is 2.30. The maximum absolute atomic E-state index is 13.3. The lowest BCUT2D eigenvalue weighted by Gasteiger charge is -2.25. The standard InChI is InChI=1S/C32H54N8O11/c1-17(2)14-20(36-28(44)19(8-5-6-10-33)37-31(49)39-26(18(3)4)30(47)48)27(43)35-12-7-11-34-21(29(45)46)15-23-22(41)16-25(51-23)40-13-9-24(42)38-32(40)50/h9,13,17-23,25-26,34,41H,5-8,10-12,14-16,33H2,1-4H3,(H,35,43)(H,36,44)(H,45,46)(H,47,48)(H2,37,39,49)(H,38,42,50)/t19-,20-,21-,22-,23+,25+,26-/m0/s1. The molecule has 0 unspecified atom stereocenters. The molecule has 1 aromatic rings. The summed E-state index contributed by atoms with van der Waals surface area (Å²) >= 11 is 0. The number of aromatic nitrogens is 2. The average molecular weight is 727 g/mol. The maximum atomic E-state index is 13.3. The molecule has 1 aliphatic rings. The van der Waals surface area contributed by atoms with Gasteiger partial charge in [0.2, 0.25) is 11.8 Å². The molecule has 4 amide bonds. The van der Waals surface area contributed by atoms with Crippen LogP contribution in [0.3, 0.4) is 0 Å². The molecule has 0 spiro atoms. The second-order valence-corrected chi connectivity index (χ2v) is 13.4. The van der Waals surface area contributed by atoms with Gasteiger partial charge in [-0.25, -0.2) is 14.4 Å². The third kappa shape index (κ3) is 14.4. The second-order valence-electron chi connectivity index (χ2n) is 13.4. The molecule has 51 heavy (non-hydrogen) atoms. The lowest BCUT2D eigenvalue weighted by atomic mass is 10.0. The van der Waals surface area contributed by atoms with Crippen LogP contribution in [0.5, 0.6) is 0 Å². The van der Waals surface area contributed by atoms with Crippen molar-refractivity contribution in [1.29, 1.82) is 0 Å². The summed E-state index contributed by atoms with van der Waals surface area (Å²) in [7, 11) is 0. The topological polar surface area (TPSA) is 296 Å². The lowest BCUT2D eigenvalue weighted by Crippen LogP contribution is -2.57. The number of nitrogens with two attached hydrogens (primary N) is 1. The summed E-state index contributed by atoms with van der Waals surface area (Å²) in [5, 5.41) is 42.9. The molecule has 0 bridgehead atoms. The lowest BCUT2D eigenvalue weighted by molar-refractivity contribution is -0.141. The number of aliphatic carboxylic acids is 2. The summed E-state index contributed by atoms with van der Waals surface area (Å²) in [6.45, 7) is 7.68. The van der Waals surface area contributed by atoms with E-state index in [9.17, 15) is 48.9 Å². The first-order valence-electron chi connectivity index (χ1n) is 17.2. The molecule has 1 fully saturated rings. The Morgan fingerprint density at radius 2 is 1.65 bits per heavy atom. The minimum absolute atomic E-state index is 0.00363. The zero-order valence-electron chi connectivity index (χ0n) is 29.6. The summed E-state index contributed by atoms with van der Waals surface area (Å²) in [6.07, 6.45) is 0.158. The highest BCUT2D eigenvalue weighted by molar-refractivity contribution is 5.92. The van der Waals surface area contributed by atoms with Crippen LogP contribution in [0.1, 0.15) is 78.9 Å². The Kier molecular flexibility index (Phi) is 17.7. The second kappa shape index (κ2) is 21.1. The Labute approximate surface area is 295 Å². The van der Waals surface area contributed by atoms with E-state index >= 15 is 0 Å². The van der Waals surface area contributed by atoms with E-state index < -0.39 is 89.6 Å². The van der Waals surface area contributed by atoms with Gasteiger partial charge in [0.1, 0.15) is 30.4 Å². The fourth-order valence-electron chi connectivity index (χ4n) is 5.55. The van der Waals surface area contributed by atoms with E-state index in [-0.39, 0.29) is 44.7 Å². The van der Waals surface area contributed by atoms with E-state index in [1.54, 1.807) is 13.8 Å². The molecule has 2 rings (SSSR count). The molecule has 0 radical (unpaired) electrons. The Bertz CT molecular complexity index is 1430. The van der Waals surface area contributed by atoms with Crippen molar-refractivity contribution in [2.75, 3.05) is 19.6 Å². The molecule has 19 heteroatoms. The highest BCUT2D eigenvalue weighted by atomic mass is 16.5. The zero-order chi connectivity index (χ0) is 38.2. The summed E-state index contributed by atoms with van der Waals surface area (Å²) in [5.41, 5.74) is 4.28. The Balaban J connectivity index is 1.94. The molecule has 2 heterocycles. The monoisotopic (exact) mass is 726 g/mol. The quantitative estimate of drug-likeness (QED) is 0.0614. The van der Waals surface area contributed by atoms with E-state index in [0.29, 0.717) is 25.8 Å². The number of hydrogen-bond acceptors (Lipinski definition) is 11. The van der Waals surface area contributed by atoms with Crippen molar-refractivity contribution in [1.82, 2.24) is 36.1 Å². The number of carbonyl (C=O) groups excluding carboxylic acids is 3. The minimum atomic E-state index is -1.22. The number of ether oxygens (including phenoxy) is 1. The van der Waals surface area contributed by atoms with Gasteiger partial charge in [0.05, 0.1) is 12.2 Å². The molecule has 19 nitrogen and oxygen atoms in total. The normalized spacial score (nSPS) is 19.6. The van der Waals surface area contributed by atoms with E-state index in [0.717, 1.165) is 10.6 Å². The number of carboxylic acids is 2. The van der Waals surface area contributed by atoms with E-state index in [2.05, 4.69) is 31.6 Å². The number of rotatable bonds is 22. The molecule has 1 aromatic heterocycles. The van der Waals surface area contributed by atoms with Gasteiger partial charge < -0.3 is 52.4 Å². The fourth-order valence-corrected chi connectivity index (χ4v) is 5.55. The van der Waals surface area contributed by atoms with Crippen LogP contribution in [-0.2, 0) is 23.9 Å². The summed E-state index contributed by atoms with van der Waals surface area (Å²) in [6, 6.07) is -4.00. The molecule has 7 atom stereocenters. The van der Waals surface area contributed by atoms with Crippen molar-refractivity contribution in [3.8, 4) is 0 Å². The number of aromatic amines is 1. The van der Waals surface area contributed by atoms with Gasteiger partial charge in [0.25, 0.3) is 5.56 Å². The molecule has 1 saturated heterocycles. The Hall–Kier alpha value is -4.33. The van der Waals surface area contributed by atoms with Crippen molar-refractivity contribution in [3.05, 3.63) is 33.1 Å². The number of nitrogens with one attached hydrogen (secondary N) is 6. The Morgan fingerprint density at radius 1 is 0.941 bits per heavy atom. The highest BCUT2D eigenvalue weighted by Gasteiger charge is 2.38. The van der Waals surface area contributed by atoms with Crippen LogP contribution in [0.25, 0.3) is 0 Å². The molecule has 11 N–H and O–H groups in total. The van der Waals surface area contributed by atoms with Crippen molar-refractivity contribution in [2.24, 2.45) is 17.6 Å². The van der Waals surface area contributed by atoms with Crippen LogP contribution < -0.4 is 43.6 Å². The largest absolute Gasteiger partial charge is 0.480 e. The van der Waals surface area contributed by atoms with Crippen molar-refractivity contribution >= 4 is 29.8 Å². The minimum Gasteiger partial charge on any atom is -0.480 e. The average Bonchev–Trinajstić information content (AvgIpc) is 3.40. The van der Waals surface area contributed by atoms with Crippen LogP contribution in [-0.4, -0.2) is 111 Å². The number of urea groups is 1. The number of aliphatic hydroxyl groups is 1. The van der Waals surface area contributed by atoms with Gasteiger partial charge in [-0.05, 0) is 57.0 Å². The number of H-pyrrole nitrogens is 1. The third-order valence-electron chi connectivity index (χ3n) is 8.30. The Morgan fingerprint density at radius 3 is 2.24 bits per heavy atom. The van der Waals surface area contributed by atoms with Gasteiger partial charge in [0.15, 0.2) is 0 Å². The predicted molar refractivity (Wildman–Crippen MR) is 184 cm³/mol. The van der Waals surface area contributed by atoms with Crippen LogP contribution in [0, 0.1) is 11.8 Å². The number of unbranched alkanes of at least 4 members (excludes halogenated alkanes) is 1. The molecule has 0 aromatic carbocycles. The maximum Gasteiger partial charge on any atom is 0.330 e. The third-order valence-corrected chi connectivity index (χ3v) is 8.30. The van der Waals surface area contributed by atoms with Crippen LogP contribution >= 0.6 is 0 Å². The van der Waals surface area contributed by atoms with E-state index in [1.165, 1.54) is 6.20 Å². The molecular weight excluding hydrogens is 672 g/mol. The molecular formula is C32H54N8O11. The SMILES string of the molecule is CC(C)C[C@H](NC(=O)[C@H](CCCCN)NC(=O)N[C@H](C(=O)O)C(C)C)C(=O)NCCCN[C@@H](C[C@H]1O[C@@H](n2ccc(=O)[nH]c2=O)C[C@@H]1O)C(=O)O. The summed E-state index contributed by atoms with van der Waals surface area (Å²) in [5.74, 6) is -3.91. The molecule has 288 valence electrons. The number of hydrogen-bond donors (Lipinski definition) is 10. The fraction of sp³-hybridized carbons (Fsp3) is 0.719. The summed E-state index contributed by atoms with van der Waals surface area (Å²) in [4.78, 5) is 88.2. The van der Waals surface area contributed by atoms with Gasteiger partial charge in [-0.3, -0.25) is 28.7 Å². The first-order chi connectivity index (χ1) is 24.0. The first-order valence-corrected chi connectivity index (χ1v) is 17.2. The molecule has 0 aliphatic carbocycles. The van der Waals surface area contributed by atoms with Gasteiger partial charge in [-0.1, -0.05) is 27.7 Å². The number of carbonyl (C=O) groups is 5. The predicted octanol–water partition coefficient (Wildman–Crippen LogP) is -1.44. The van der Waals surface area contributed by atoms with Crippen LogP contribution in [0.4, 0.5) is 4.79 Å². The molecule has 0 saturated carbocycles. The summed E-state index contributed by atoms with van der Waals surface area (Å²) < 4.78 is 6.87.